The van der Waals surface area contributed by atoms with Crippen molar-refractivity contribution in [2.24, 2.45) is 0 Å². The highest BCUT2D eigenvalue weighted by atomic mass is 15.1. The van der Waals surface area contributed by atoms with Crippen LogP contribution in [-0.4, -0.2) is 0 Å². The minimum atomic E-state index is 1.12. The lowest BCUT2D eigenvalue weighted by atomic mass is 9.98. The summed E-state index contributed by atoms with van der Waals surface area (Å²) in [6, 6.07) is 76.6. The summed E-state index contributed by atoms with van der Waals surface area (Å²) in [5.41, 5.74) is 13.1. The van der Waals surface area contributed by atoms with E-state index in [1.54, 1.807) is 0 Å². The van der Waals surface area contributed by atoms with E-state index in [-0.39, 0.29) is 0 Å². The second kappa shape index (κ2) is 13.3. The largest absolute Gasteiger partial charge is 0.311 e. The van der Waals surface area contributed by atoms with Crippen molar-refractivity contribution in [3.63, 3.8) is 0 Å². The van der Waals surface area contributed by atoms with E-state index in [1.165, 1.54) is 66.1 Å². The maximum absolute atomic E-state index is 2.32. The Hall–Kier alpha value is -6.70. The zero-order valence-electron chi connectivity index (χ0n) is 28.2. The summed E-state index contributed by atoms with van der Waals surface area (Å²) >= 11 is 0. The molecule has 0 atom stereocenters. The number of anilines is 3. The number of rotatable bonds is 7. The predicted molar refractivity (Wildman–Crippen MR) is 218 cm³/mol. The Morgan fingerprint density at radius 1 is 0.196 bits per heavy atom. The number of benzene rings is 9. The highest BCUT2D eigenvalue weighted by Gasteiger charge is 2.13. The van der Waals surface area contributed by atoms with Crippen molar-refractivity contribution < 1.29 is 0 Å². The van der Waals surface area contributed by atoms with Crippen molar-refractivity contribution in [1.82, 2.24) is 0 Å². The first-order chi connectivity index (χ1) is 25.2. The SMILES string of the molecule is c1ccc(N(c2ccc(-c3ccc(-c4ccc5ccccc5c4)cc3)cc2)c2ccc(-c3ccc(-c4ccc5ccccc5c4)cc3)cc2)cc1. The Morgan fingerprint density at radius 2 is 0.471 bits per heavy atom. The fourth-order valence-electron chi connectivity index (χ4n) is 7.08. The lowest BCUT2D eigenvalue weighted by Crippen LogP contribution is -2.09. The third-order valence-corrected chi connectivity index (χ3v) is 9.87. The Morgan fingerprint density at radius 3 is 0.863 bits per heavy atom. The normalized spacial score (nSPS) is 11.1. The Bertz CT molecular complexity index is 2420. The van der Waals surface area contributed by atoms with Gasteiger partial charge in [0.2, 0.25) is 0 Å². The molecule has 0 spiro atoms. The summed E-state index contributed by atoms with van der Waals surface area (Å²) < 4.78 is 0. The van der Waals surface area contributed by atoms with E-state index in [1.807, 2.05) is 0 Å². The summed E-state index contributed by atoms with van der Waals surface area (Å²) in [6.07, 6.45) is 0. The molecule has 0 aliphatic carbocycles. The molecule has 0 amide bonds. The minimum Gasteiger partial charge on any atom is -0.311 e. The van der Waals surface area contributed by atoms with Crippen molar-refractivity contribution in [2.75, 3.05) is 4.90 Å². The molecule has 9 rings (SSSR count). The minimum absolute atomic E-state index is 1.12. The molecular formula is C50H35N. The maximum atomic E-state index is 2.32. The van der Waals surface area contributed by atoms with Crippen LogP contribution in [0, 0.1) is 0 Å². The van der Waals surface area contributed by atoms with Gasteiger partial charge in [-0.15, -0.1) is 0 Å². The molecule has 1 nitrogen and oxygen atoms in total. The van der Waals surface area contributed by atoms with Crippen molar-refractivity contribution in [2.45, 2.75) is 0 Å². The molecule has 9 aromatic carbocycles. The van der Waals surface area contributed by atoms with Gasteiger partial charge in [-0.2, -0.15) is 0 Å². The highest BCUT2D eigenvalue weighted by Crippen LogP contribution is 2.37. The third kappa shape index (κ3) is 6.18. The number of fused-ring (bicyclic) bond motifs is 2. The van der Waals surface area contributed by atoms with Crippen LogP contribution < -0.4 is 4.90 Å². The zero-order valence-corrected chi connectivity index (χ0v) is 28.2. The summed E-state index contributed by atoms with van der Waals surface area (Å²) in [4.78, 5) is 2.32. The van der Waals surface area contributed by atoms with E-state index in [9.17, 15) is 0 Å². The van der Waals surface area contributed by atoms with Gasteiger partial charge in [-0.1, -0.05) is 164 Å². The summed E-state index contributed by atoms with van der Waals surface area (Å²) in [7, 11) is 0. The number of hydrogen-bond acceptors (Lipinski definition) is 1. The van der Waals surface area contributed by atoms with Gasteiger partial charge in [0.25, 0.3) is 0 Å². The van der Waals surface area contributed by atoms with E-state index in [2.05, 4.69) is 217 Å². The molecule has 1 heteroatoms. The summed E-state index contributed by atoms with van der Waals surface area (Å²) in [6.45, 7) is 0. The lowest BCUT2D eigenvalue weighted by Gasteiger charge is -2.26. The van der Waals surface area contributed by atoms with Gasteiger partial charge < -0.3 is 4.90 Å². The van der Waals surface area contributed by atoms with E-state index in [4.69, 9.17) is 0 Å². The van der Waals surface area contributed by atoms with Crippen LogP contribution in [0.2, 0.25) is 0 Å². The second-order valence-corrected chi connectivity index (χ2v) is 13.0. The van der Waals surface area contributed by atoms with Crippen molar-refractivity contribution in [1.29, 1.82) is 0 Å². The van der Waals surface area contributed by atoms with Crippen LogP contribution in [0.3, 0.4) is 0 Å². The first-order valence-electron chi connectivity index (χ1n) is 17.5. The molecule has 240 valence electrons. The number of nitrogens with zero attached hydrogens (tertiary/aromatic N) is 1. The van der Waals surface area contributed by atoms with Crippen LogP contribution in [0.1, 0.15) is 0 Å². The number of hydrogen-bond donors (Lipinski definition) is 0. The zero-order chi connectivity index (χ0) is 34.0. The smallest absolute Gasteiger partial charge is 0.0462 e. The monoisotopic (exact) mass is 649 g/mol. The topological polar surface area (TPSA) is 3.24 Å². The van der Waals surface area contributed by atoms with E-state index in [0.717, 1.165) is 17.1 Å². The first-order valence-corrected chi connectivity index (χ1v) is 17.5. The standard InChI is InChI=1S/C50H35N/c1-2-12-48(13-3-1)51(49-30-26-40(27-31-49)38-14-18-42(19-15-38)46-24-22-36-8-4-6-10-44(36)34-46)50-32-28-41(29-33-50)39-16-20-43(21-17-39)47-25-23-37-9-5-7-11-45(37)35-47/h1-35H. The average Bonchev–Trinajstić information content (AvgIpc) is 3.22. The van der Waals surface area contributed by atoms with E-state index < -0.39 is 0 Å². The first kappa shape index (κ1) is 30.4. The fourth-order valence-corrected chi connectivity index (χ4v) is 7.08. The van der Waals surface area contributed by atoms with Crippen LogP contribution >= 0.6 is 0 Å². The molecule has 0 saturated heterocycles. The molecule has 0 saturated carbocycles. The maximum Gasteiger partial charge on any atom is 0.0462 e. The molecule has 9 aromatic rings. The van der Waals surface area contributed by atoms with Gasteiger partial charge in [0, 0.05) is 17.1 Å². The molecule has 0 N–H and O–H groups in total. The molecule has 0 aliphatic rings. The quantitative estimate of drug-likeness (QED) is 0.166. The molecule has 0 aliphatic heterocycles. The Kier molecular flexibility index (Phi) is 7.92. The fraction of sp³-hybridized carbons (Fsp3) is 0. The van der Waals surface area contributed by atoms with Crippen molar-refractivity contribution >= 4 is 38.6 Å². The van der Waals surface area contributed by atoms with Crippen LogP contribution in [-0.2, 0) is 0 Å². The van der Waals surface area contributed by atoms with Gasteiger partial charge in [-0.25, -0.2) is 0 Å². The molecule has 51 heavy (non-hydrogen) atoms. The molecular weight excluding hydrogens is 615 g/mol. The summed E-state index contributed by atoms with van der Waals surface area (Å²) in [5.74, 6) is 0. The molecule has 0 radical (unpaired) electrons. The van der Waals surface area contributed by atoms with Gasteiger partial charge in [-0.05, 0) is 115 Å². The van der Waals surface area contributed by atoms with Crippen LogP contribution in [0.5, 0.6) is 0 Å². The van der Waals surface area contributed by atoms with Gasteiger partial charge in [-0.3, -0.25) is 0 Å². The number of para-hydroxylation sites is 1. The van der Waals surface area contributed by atoms with Gasteiger partial charge in [0.15, 0.2) is 0 Å². The Labute approximate surface area is 299 Å². The van der Waals surface area contributed by atoms with Crippen molar-refractivity contribution in [3.8, 4) is 44.5 Å². The van der Waals surface area contributed by atoms with Gasteiger partial charge >= 0.3 is 0 Å². The van der Waals surface area contributed by atoms with E-state index in [0.29, 0.717) is 0 Å². The van der Waals surface area contributed by atoms with Crippen LogP contribution in [0.15, 0.2) is 212 Å². The molecule has 0 bridgehead atoms. The van der Waals surface area contributed by atoms with Crippen molar-refractivity contribution in [3.05, 3.63) is 212 Å². The van der Waals surface area contributed by atoms with Gasteiger partial charge in [0.05, 0.1) is 0 Å². The van der Waals surface area contributed by atoms with Crippen LogP contribution in [0.25, 0.3) is 66.1 Å². The average molecular weight is 650 g/mol. The third-order valence-electron chi connectivity index (χ3n) is 9.87. The van der Waals surface area contributed by atoms with Gasteiger partial charge in [0.1, 0.15) is 0 Å². The lowest BCUT2D eigenvalue weighted by molar-refractivity contribution is 1.28. The molecule has 0 aromatic heterocycles. The molecule has 0 fully saturated rings. The predicted octanol–water partition coefficient (Wildman–Crippen LogP) is 14.1. The second-order valence-electron chi connectivity index (χ2n) is 13.0. The Balaban J connectivity index is 0.962. The molecule has 0 heterocycles. The summed E-state index contributed by atoms with van der Waals surface area (Å²) in [5, 5.41) is 5.06. The van der Waals surface area contributed by atoms with E-state index >= 15 is 0 Å². The van der Waals surface area contributed by atoms with Crippen LogP contribution in [0.4, 0.5) is 17.1 Å². The highest BCUT2D eigenvalue weighted by molar-refractivity contribution is 5.89. The molecule has 0 unspecified atom stereocenters.